The van der Waals surface area contributed by atoms with Crippen LogP contribution in [0.3, 0.4) is 0 Å². The third kappa shape index (κ3) is 2.11. The molecular formula is C15H17FN2O. The molecule has 0 atom stereocenters. The van der Waals surface area contributed by atoms with E-state index in [1.807, 2.05) is 11.8 Å². The second-order valence-corrected chi connectivity index (χ2v) is 5.09. The summed E-state index contributed by atoms with van der Waals surface area (Å²) in [6.07, 6.45) is 2.28. The molecule has 1 aromatic heterocycles. The number of fused-ring (bicyclic) bond motifs is 3. The van der Waals surface area contributed by atoms with E-state index in [4.69, 9.17) is 0 Å². The number of amides is 1. The Hall–Kier alpha value is -1.84. The first-order valence-corrected chi connectivity index (χ1v) is 6.75. The fourth-order valence-electron chi connectivity index (χ4n) is 2.77. The molecule has 100 valence electrons. The van der Waals surface area contributed by atoms with Crippen LogP contribution in [0.1, 0.15) is 31.0 Å². The average molecular weight is 260 g/mol. The van der Waals surface area contributed by atoms with Gasteiger partial charge in [0.05, 0.1) is 0 Å². The lowest BCUT2D eigenvalue weighted by Crippen LogP contribution is -2.35. The van der Waals surface area contributed by atoms with Crippen LogP contribution in [-0.2, 0) is 17.8 Å². The van der Waals surface area contributed by atoms with E-state index in [0.29, 0.717) is 13.0 Å². The van der Waals surface area contributed by atoms with Gasteiger partial charge in [-0.15, -0.1) is 0 Å². The number of rotatable bonds is 2. The maximum absolute atomic E-state index is 13.4. The van der Waals surface area contributed by atoms with Gasteiger partial charge in [0, 0.05) is 48.1 Å². The first-order valence-electron chi connectivity index (χ1n) is 6.75. The first kappa shape index (κ1) is 12.2. The van der Waals surface area contributed by atoms with Crippen molar-refractivity contribution in [1.29, 1.82) is 0 Å². The van der Waals surface area contributed by atoms with Crippen molar-refractivity contribution in [1.82, 2.24) is 9.88 Å². The molecule has 1 aromatic carbocycles. The highest BCUT2D eigenvalue weighted by atomic mass is 19.1. The number of carbonyl (C=O) groups excluding carboxylic acids is 1. The SMILES string of the molecule is CCCC(=O)N1CCc2[nH]c3ccc(F)cc3c2C1. The third-order valence-electron chi connectivity index (χ3n) is 3.75. The largest absolute Gasteiger partial charge is 0.358 e. The van der Waals surface area contributed by atoms with E-state index < -0.39 is 0 Å². The van der Waals surface area contributed by atoms with Crippen molar-refractivity contribution in [2.24, 2.45) is 0 Å². The molecule has 0 aliphatic carbocycles. The van der Waals surface area contributed by atoms with Crippen LogP contribution in [0.5, 0.6) is 0 Å². The van der Waals surface area contributed by atoms with E-state index in [-0.39, 0.29) is 11.7 Å². The molecular weight excluding hydrogens is 243 g/mol. The average Bonchev–Trinajstić information content (AvgIpc) is 2.76. The van der Waals surface area contributed by atoms with Crippen LogP contribution in [0.25, 0.3) is 10.9 Å². The van der Waals surface area contributed by atoms with Gasteiger partial charge in [-0.3, -0.25) is 4.79 Å². The van der Waals surface area contributed by atoms with Crippen molar-refractivity contribution in [2.75, 3.05) is 6.54 Å². The monoisotopic (exact) mass is 260 g/mol. The lowest BCUT2D eigenvalue weighted by Gasteiger charge is -2.27. The van der Waals surface area contributed by atoms with Gasteiger partial charge in [-0.1, -0.05) is 6.92 Å². The number of benzene rings is 1. The minimum Gasteiger partial charge on any atom is -0.358 e. The van der Waals surface area contributed by atoms with E-state index in [2.05, 4.69) is 4.98 Å². The van der Waals surface area contributed by atoms with Crippen molar-refractivity contribution < 1.29 is 9.18 Å². The summed E-state index contributed by atoms with van der Waals surface area (Å²) in [5.41, 5.74) is 3.17. The summed E-state index contributed by atoms with van der Waals surface area (Å²) in [5, 5.41) is 0.906. The highest BCUT2D eigenvalue weighted by Crippen LogP contribution is 2.28. The maximum atomic E-state index is 13.4. The molecule has 19 heavy (non-hydrogen) atoms. The first-order chi connectivity index (χ1) is 9.19. The highest BCUT2D eigenvalue weighted by Gasteiger charge is 2.23. The fraction of sp³-hybridized carbons (Fsp3) is 0.400. The molecule has 1 N–H and O–H groups in total. The Balaban J connectivity index is 1.97. The van der Waals surface area contributed by atoms with Crippen molar-refractivity contribution in [3.05, 3.63) is 35.3 Å². The van der Waals surface area contributed by atoms with Crippen LogP contribution in [-0.4, -0.2) is 22.3 Å². The quantitative estimate of drug-likeness (QED) is 0.885. The Bertz CT molecular complexity index is 632. The molecule has 2 heterocycles. The molecule has 1 aliphatic rings. The predicted octanol–water partition coefficient (Wildman–Crippen LogP) is 2.99. The number of hydrogen-bond donors (Lipinski definition) is 1. The maximum Gasteiger partial charge on any atom is 0.222 e. The van der Waals surface area contributed by atoms with Crippen LogP contribution < -0.4 is 0 Å². The number of carbonyl (C=O) groups is 1. The molecule has 0 saturated heterocycles. The molecule has 0 saturated carbocycles. The Kier molecular flexibility index (Phi) is 3.01. The van der Waals surface area contributed by atoms with Crippen LogP contribution in [0, 0.1) is 5.82 Å². The van der Waals surface area contributed by atoms with Gasteiger partial charge in [-0.05, 0) is 24.6 Å². The van der Waals surface area contributed by atoms with Crippen LogP contribution in [0.15, 0.2) is 18.2 Å². The van der Waals surface area contributed by atoms with Crippen LogP contribution in [0.2, 0.25) is 0 Å². The smallest absolute Gasteiger partial charge is 0.222 e. The molecule has 2 aromatic rings. The molecule has 0 spiro atoms. The summed E-state index contributed by atoms with van der Waals surface area (Å²) in [4.78, 5) is 17.2. The van der Waals surface area contributed by atoms with E-state index in [1.54, 1.807) is 12.1 Å². The second-order valence-electron chi connectivity index (χ2n) is 5.09. The van der Waals surface area contributed by atoms with E-state index in [0.717, 1.165) is 41.5 Å². The Morgan fingerprint density at radius 2 is 2.32 bits per heavy atom. The van der Waals surface area contributed by atoms with Gasteiger partial charge in [0.1, 0.15) is 5.82 Å². The number of halogens is 1. The van der Waals surface area contributed by atoms with Crippen LogP contribution in [0.4, 0.5) is 4.39 Å². The molecule has 1 amide bonds. The van der Waals surface area contributed by atoms with Gasteiger partial charge in [-0.25, -0.2) is 4.39 Å². The summed E-state index contributed by atoms with van der Waals surface area (Å²) in [5.74, 6) is -0.0368. The highest BCUT2D eigenvalue weighted by molar-refractivity contribution is 5.86. The summed E-state index contributed by atoms with van der Waals surface area (Å²) < 4.78 is 13.4. The number of H-pyrrole nitrogens is 1. The summed E-state index contributed by atoms with van der Waals surface area (Å²) in [7, 11) is 0. The molecule has 4 heteroatoms. The lowest BCUT2D eigenvalue weighted by molar-refractivity contribution is -0.132. The minimum absolute atomic E-state index is 0.193. The number of hydrogen-bond acceptors (Lipinski definition) is 1. The lowest BCUT2D eigenvalue weighted by atomic mass is 10.0. The number of aromatic amines is 1. The van der Waals surface area contributed by atoms with Crippen LogP contribution >= 0.6 is 0 Å². The standard InChI is InChI=1S/C15H17FN2O/c1-2-3-15(19)18-7-6-14-12(9-18)11-8-10(16)4-5-13(11)17-14/h4-5,8,17H,2-3,6-7,9H2,1H3. The third-order valence-corrected chi connectivity index (χ3v) is 3.75. The summed E-state index contributed by atoms with van der Waals surface area (Å²) >= 11 is 0. The second kappa shape index (κ2) is 4.68. The normalized spacial score (nSPS) is 14.7. The van der Waals surface area contributed by atoms with Gasteiger partial charge < -0.3 is 9.88 Å². The zero-order valence-corrected chi connectivity index (χ0v) is 11.0. The molecule has 0 radical (unpaired) electrons. The predicted molar refractivity (Wildman–Crippen MR) is 72.3 cm³/mol. The van der Waals surface area contributed by atoms with Gasteiger partial charge in [0.2, 0.25) is 5.91 Å². The Labute approximate surface area is 111 Å². The van der Waals surface area contributed by atoms with Gasteiger partial charge in [0.25, 0.3) is 0 Å². The molecule has 0 fully saturated rings. The molecule has 3 rings (SSSR count). The molecule has 0 unspecified atom stereocenters. The van der Waals surface area contributed by atoms with Gasteiger partial charge in [0.15, 0.2) is 0 Å². The van der Waals surface area contributed by atoms with Gasteiger partial charge >= 0.3 is 0 Å². The zero-order chi connectivity index (χ0) is 13.4. The topological polar surface area (TPSA) is 36.1 Å². The molecule has 1 aliphatic heterocycles. The zero-order valence-electron chi connectivity index (χ0n) is 11.0. The number of aromatic nitrogens is 1. The molecule has 3 nitrogen and oxygen atoms in total. The van der Waals surface area contributed by atoms with Crippen molar-refractivity contribution in [3.8, 4) is 0 Å². The summed E-state index contributed by atoms with van der Waals surface area (Å²) in [6, 6.07) is 4.78. The van der Waals surface area contributed by atoms with Gasteiger partial charge in [-0.2, -0.15) is 0 Å². The molecule has 0 bridgehead atoms. The van der Waals surface area contributed by atoms with E-state index >= 15 is 0 Å². The van der Waals surface area contributed by atoms with E-state index in [9.17, 15) is 9.18 Å². The van der Waals surface area contributed by atoms with Crippen molar-refractivity contribution in [3.63, 3.8) is 0 Å². The fourth-order valence-corrected chi connectivity index (χ4v) is 2.77. The Morgan fingerprint density at radius 1 is 1.47 bits per heavy atom. The minimum atomic E-state index is -0.230. The van der Waals surface area contributed by atoms with E-state index in [1.165, 1.54) is 6.07 Å². The number of nitrogens with zero attached hydrogens (tertiary/aromatic N) is 1. The summed E-state index contributed by atoms with van der Waals surface area (Å²) in [6.45, 7) is 3.35. The Morgan fingerprint density at radius 3 is 3.11 bits per heavy atom. The number of nitrogens with one attached hydrogen (secondary N) is 1. The van der Waals surface area contributed by atoms with Crippen molar-refractivity contribution >= 4 is 16.8 Å². The van der Waals surface area contributed by atoms with Crippen molar-refractivity contribution in [2.45, 2.75) is 32.7 Å².